The van der Waals surface area contributed by atoms with Crippen molar-refractivity contribution >= 4 is 11.9 Å². The van der Waals surface area contributed by atoms with E-state index in [1.165, 1.54) is 0 Å². The van der Waals surface area contributed by atoms with Gasteiger partial charge in [-0.2, -0.15) is 0 Å². The van der Waals surface area contributed by atoms with Crippen molar-refractivity contribution < 1.29 is 14.7 Å². The second-order valence-electron chi connectivity index (χ2n) is 5.82. The fourth-order valence-corrected chi connectivity index (χ4v) is 2.54. The molecule has 0 unspecified atom stereocenters. The van der Waals surface area contributed by atoms with Gasteiger partial charge in [-0.05, 0) is 31.6 Å². The van der Waals surface area contributed by atoms with Crippen LogP contribution in [0.3, 0.4) is 0 Å². The zero-order chi connectivity index (χ0) is 12.8. The number of carbonyl (C=O) groups is 2. The first-order chi connectivity index (χ1) is 8.55. The molecule has 0 spiro atoms. The molecule has 6 nitrogen and oxygen atoms in total. The lowest BCUT2D eigenvalue weighted by molar-refractivity contribution is -0.135. The van der Waals surface area contributed by atoms with Crippen LogP contribution < -0.4 is 10.6 Å². The Bertz CT molecular complexity index is 371. The van der Waals surface area contributed by atoms with Crippen LogP contribution in [0.1, 0.15) is 25.7 Å². The number of nitrogens with one attached hydrogen (secondary N) is 2. The normalized spacial score (nSPS) is 26.3. The monoisotopic (exact) mass is 253 g/mol. The number of urea groups is 1. The molecule has 0 aromatic heterocycles. The van der Waals surface area contributed by atoms with Crippen LogP contribution in [0.5, 0.6) is 0 Å². The van der Waals surface area contributed by atoms with E-state index in [2.05, 4.69) is 10.6 Å². The molecule has 2 saturated carbocycles. The van der Waals surface area contributed by atoms with Crippen molar-refractivity contribution in [3.8, 4) is 0 Å². The van der Waals surface area contributed by atoms with E-state index in [0.717, 1.165) is 25.7 Å². The summed E-state index contributed by atoms with van der Waals surface area (Å²) in [6.07, 6.45) is 4.20. The number of hydrogen-bond acceptors (Lipinski definition) is 4. The predicted octanol–water partition coefficient (Wildman–Crippen LogP) is -0.569. The quantitative estimate of drug-likeness (QED) is 0.627. The van der Waals surface area contributed by atoms with Crippen LogP contribution >= 0.6 is 0 Å². The number of nitrogens with zero attached hydrogens (tertiary/aromatic N) is 1. The molecular formula is C12H19N3O3. The number of hydrogen-bond donors (Lipinski definition) is 3. The van der Waals surface area contributed by atoms with Gasteiger partial charge in [-0.15, -0.1) is 0 Å². The molecular weight excluding hydrogens is 234 g/mol. The second kappa shape index (κ2) is 4.20. The molecule has 18 heavy (non-hydrogen) atoms. The Morgan fingerprint density at radius 2 is 1.89 bits per heavy atom. The van der Waals surface area contributed by atoms with E-state index < -0.39 is 11.6 Å². The molecule has 0 atom stereocenters. The Morgan fingerprint density at radius 1 is 1.22 bits per heavy atom. The number of amides is 3. The number of carbonyl (C=O) groups excluding carboxylic acids is 2. The SMILES string of the molecule is O=C(CN1CC(O)(C2CC2)C1)NC(=O)NC1CC1. The first-order valence-corrected chi connectivity index (χ1v) is 6.60. The number of likely N-dealkylation sites (tertiary alicyclic amines) is 1. The molecule has 0 aromatic rings. The van der Waals surface area contributed by atoms with Crippen LogP contribution in [0.2, 0.25) is 0 Å². The molecule has 0 aromatic carbocycles. The third-order valence-electron chi connectivity index (χ3n) is 3.86. The summed E-state index contributed by atoms with van der Waals surface area (Å²) in [6.45, 7) is 1.29. The van der Waals surface area contributed by atoms with E-state index in [1.807, 2.05) is 4.90 Å². The van der Waals surface area contributed by atoms with Gasteiger partial charge < -0.3 is 10.4 Å². The van der Waals surface area contributed by atoms with Crippen molar-refractivity contribution in [3.05, 3.63) is 0 Å². The summed E-state index contributed by atoms with van der Waals surface area (Å²) in [5, 5.41) is 15.1. The number of rotatable bonds is 4. The molecule has 6 heteroatoms. The highest BCUT2D eigenvalue weighted by molar-refractivity contribution is 5.95. The van der Waals surface area contributed by atoms with E-state index in [-0.39, 0.29) is 18.5 Å². The molecule has 3 N–H and O–H groups in total. The largest absolute Gasteiger partial charge is 0.387 e. The molecule has 3 aliphatic rings. The Morgan fingerprint density at radius 3 is 2.44 bits per heavy atom. The van der Waals surface area contributed by atoms with E-state index in [1.54, 1.807) is 0 Å². The van der Waals surface area contributed by atoms with Crippen LogP contribution in [-0.4, -0.2) is 53.2 Å². The van der Waals surface area contributed by atoms with E-state index >= 15 is 0 Å². The van der Waals surface area contributed by atoms with Crippen molar-refractivity contribution in [1.29, 1.82) is 0 Å². The predicted molar refractivity (Wildman–Crippen MR) is 63.8 cm³/mol. The molecule has 0 bridgehead atoms. The first kappa shape index (κ1) is 11.9. The summed E-state index contributed by atoms with van der Waals surface area (Å²) in [6, 6.07) is -0.151. The minimum absolute atomic E-state index is 0.188. The van der Waals surface area contributed by atoms with Crippen LogP contribution in [0.4, 0.5) is 4.79 Å². The van der Waals surface area contributed by atoms with Gasteiger partial charge in [0, 0.05) is 19.1 Å². The molecule has 3 rings (SSSR count). The summed E-state index contributed by atoms with van der Waals surface area (Å²) in [7, 11) is 0. The van der Waals surface area contributed by atoms with Crippen molar-refractivity contribution in [3.63, 3.8) is 0 Å². The zero-order valence-electron chi connectivity index (χ0n) is 10.3. The van der Waals surface area contributed by atoms with Gasteiger partial charge in [0.25, 0.3) is 0 Å². The molecule has 3 fully saturated rings. The number of imide groups is 1. The van der Waals surface area contributed by atoms with Crippen molar-refractivity contribution in [1.82, 2.24) is 15.5 Å². The Balaban J connectivity index is 1.35. The van der Waals surface area contributed by atoms with Crippen LogP contribution in [0.25, 0.3) is 0 Å². The lowest BCUT2D eigenvalue weighted by Gasteiger charge is -2.46. The molecule has 1 heterocycles. The minimum atomic E-state index is -0.573. The average molecular weight is 253 g/mol. The van der Waals surface area contributed by atoms with E-state index in [0.29, 0.717) is 19.0 Å². The standard InChI is InChI=1S/C12H19N3O3/c16-10(14-11(17)13-9-3-4-9)5-15-6-12(18,7-15)8-1-2-8/h8-9,18H,1-7H2,(H2,13,14,16,17). The summed E-state index contributed by atoms with van der Waals surface area (Å²) in [5.74, 6) is 0.126. The third-order valence-corrected chi connectivity index (χ3v) is 3.86. The Kier molecular flexibility index (Phi) is 2.79. The highest BCUT2D eigenvalue weighted by Crippen LogP contribution is 2.44. The zero-order valence-corrected chi connectivity index (χ0v) is 10.3. The summed E-state index contributed by atoms with van der Waals surface area (Å²) in [4.78, 5) is 24.8. The summed E-state index contributed by atoms with van der Waals surface area (Å²) in [5.41, 5.74) is -0.573. The van der Waals surface area contributed by atoms with Crippen molar-refractivity contribution in [2.75, 3.05) is 19.6 Å². The Hall–Kier alpha value is -1.14. The van der Waals surface area contributed by atoms with Gasteiger partial charge in [0.1, 0.15) is 0 Å². The molecule has 2 aliphatic carbocycles. The number of aliphatic hydroxyl groups is 1. The fraction of sp³-hybridized carbons (Fsp3) is 0.833. The highest BCUT2D eigenvalue weighted by Gasteiger charge is 2.51. The Labute approximate surface area is 106 Å². The highest BCUT2D eigenvalue weighted by atomic mass is 16.3. The van der Waals surface area contributed by atoms with Crippen LogP contribution in [-0.2, 0) is 4.79 Å². The molecule has 3 amide bonds. The van der Waals surface area contributed by atoms with Crippen LogP contribution in [0.15, 0.2) is 0 Å². The first-order valence-electron chi connectivity index (χ1n) is 6.60. The van der Waals surface area contributed by atoms with Crippen LogP contribution in [0, 0.1) is 5.92 Å². The topological polar surface area (TPSA) is 81.7 Å². The van der Waals surface area contributed by atoms with E-state index in [9.17, 15) is 14.7 Å². The van der Waals surface area contributed by atoms with E-state index in [4.69, 9.17) is 0 Å². The molecule has 100 valence electrons. The maximum atomic E-state index is 11.6. The molecule has 1 aliphatic heterocycles. The number of β-amino-alcohol motifs (C(OH)–C–C–N with tert-alkyl or cyclic N) is 1. The van der Waals surface area contributed by atoms with Gasteiger partial charge >= 0.3 is 6.03 Å². The second-order valence-corrected chi connectivity index (χ2v) is 5.82. The lowest BCUT2D eigenvalue weighted by atomic mass is 9.89. The average Bonchev–Trinajstić information content (AvgIpc) is 3.09. The summed E-state index contributed by atoms with van der Waals surface area (Å²) >= 11 is 0. The molecule has 1 saturated heterocycles. The maximum Gasteiger partial charge on any atom is 0.321 e. The molecule has 0 radical (unpaired) electrons. The summed E-state index contributed by atoms with van der Waals surface area (Å²) < 4.78 is 0. The smallest absolute Gasteiger partial charge is 0.321 e. The van der Waals surface area contributed by atoms with Crippen molar-refractivity contribution in [2.24, 2.45) is 5.92 Å². The fourth-order valence-electron chi connectivity index (χ4n) is 2.54. The third kappa shape index (κ3) is 2.64. The van der Waals surface area contributed by atoms with Gasteiger partial charge in [0.15, 0.2) is 0 Å². The van der Waals surface area contributed by atoms with Gasteiger partial charge in [0.05, 0.1) is 12.1 Å². The van der Waals surface area contributed by atoms with Gasteiger partial charge in [-0.3, -0.25) is 15.0 Å². The minimum Gasteiger partial charge on any atom is -0.387 e. The van der Waals surface area contributed by atoms with Gasteiger partial charge in [-0.25, -0.2) is 4.79 Å². The lowest BCUT2D eigenvalue weighted by Crippen LogP contribution is -2.64. The van der Waals surface area contributed by atoms with Gasteiger partial charge in [-0.1, -0.05) is 0 Å². The maximum absolute atomic E-state index is 11.6. The van der Waals surface area contributed by atoms with Crippen molar-refractivity contribution in [2.45, 2.75) is 37.3 Å². The van der Waals surface area contributed by atoms with Gasteiger partial charge in [0.2, 0.25) is 5.91 Å².